The second kappa shape index (κ2) is 9.18. The van der Waals surface area contributed by atoms with E-state index in [9.17, 15) is 14.4 Å². The van der Waals surface area contributed by atoms with Gasteiger partial charge in [0.15, 0.2) is 0 Å². The van der Waals surface area contributed by atoms with Crippen LogP contribution >= 0.6 is 0 Å². The number of rotatable bonds is 6. The molecule has 0 aliphatic carbocycles. The zero-order chi connectivity index (χ0) is 22.6. The molecule has 1 aliphatic heterocycles. The predicted molar refractivity (Wildman–Crippen MR) is 124 cm³/mol. The van der Waals surface area contributed by atoms with Gasteiger partial charge in [-0.05, 0) is 41.7 Å². The fourth-order valence-electron chi connectivity index (χ4n) is 4.44. The fourth-order valence-corrected chi connectivity index (χ4v) is 4.44. The van der Waals surface area contributed by atoms with E-state index >= 15 is 0 Å². The molecule has 0 bridgehead atoms. The van der Waals surface area contributed by atoms with Crippen LogP contribution in [-0.4, -0.2) is 17.7 Å². The molecule has 5 heteroatoms. The van der Waals surface area contributed by atoms with E-state index in [0.717, 1.165) is 16.7 Å². The highest BCUT2D eigenvalue weighted by molar-refractivity contribution is 6.03. The van der Waals surface area contributed by atoms with E-state index in [0.29, 0.717) is 24.9 Å². The standard InChI is InChI=1S/C27H26N2O3/c1-2-27(18-17-23(30)29-26(27)32)21-13-15-22(16-14-21)28-25(31)24(19-9-5-3-6-10-19)20-11-7-4-8-12-20/h3-16,24H,2,17-18H2,1H3,(H,28,31)(H,29,30,32). The molecule has 5 nitrogen and oxygen atoms in total. The molecule has 1 unspecified atom stereocenters. The van der Waals surface area contributed by atoms with Crippen molar-refractivity contribution in [2.75, 3.05) is 5.32 Å². The van der Waals surface area contributed by atoms with E-state index in [1.54, 1.807) is 0 Å². The Morgan fingerprint density at radius 1 is 0.906 bits per heavy atom. The number of piperidine rings is 1. The Kier molecular flexibility index (Phi) is 6.17. The number of anilines is 1. The lowest BCUT2D eigenvalue weighted by atomic mass is 9.72. The van der Waals surface area contributed by atoms with Crippen molar-refractivity contribution in [2.45, 2.75) is 37.5 Å². The summed E-state index contributed by atoms with van der Waals surface area (Å²) in [5.41, 5.74) is 2.63. The van der Waals surface area contributed by atoms with Crippen LogP contribution in [0.2, 0.25) is 0 Å². The zero-order valence-electron chi connectivity index (χ0n) is 18.0. The zero-order valence-corrected chi connectivity index (χ0v) is 18.0. The Morgan fingerprint density at radius 2 is 1.47 bits per heavy atom. The van der Waals surface area contributed by atoms with Gasteiger partial charge in [0.1, 0.15) is 0 Å². The average molecular weight is 427 g/mol. The molecule has 32 heavy (non-hydrogen) atoms. The first-order valence-corrected chi connectivity index (χ1v) is 10.9. The van der Waals surface area contributed by atoms with Crippen molar-refractivity contribution in [3.63, 3.8) is 0 Å². The number of imide groups is 1. The normalized spacial score (nSPS) is 18.3. The lowest BCUT2D eigenvalue weighted by molar-refractivity contribution is -0.138. The summed E-state index contributed by atoms with van der Waals surface area (Å²) < 4.78 is 0. The van der Waals surface area contributed by atoms with E-state index < -0.39 is 11.3 Å². The molecule has 1 saturated heterocycles. The van der Waals surface area contributed by atoms with Crippen molar-refractivity contribution in [1.82, 2.24) is 5.32 Å². The molecule has 0 radical (unpaired) electrons. The van der Waals surface area contributed by atoms with Crippen molar-refractivity contribution in [3.8, 4) is 0 Å². The van der Waals surface area contributed by atoms with Crippen molar-refractivity contribution >= 4 is 23.4 Å². The van der Waals surface area contributed by atoms with Gasteiger partial charge in [0.25, 0.3) is 0 Å². The minimum Gasteiger partial charge on any atom is -0.325 e. The number of amides is 3. The van der Waals surface area contributed by atoms with E-state index in [4.69, 9.17) is 0 Å². The smallest absolute Gasteiger partial charge is 0.237 e. The van der Waals surface area contributed by atoms with Crippen molar-refractivity contribution in [1.29, 1.82) is 0 Å². The van der Waals surface area contributed by atoms with Gasteiger partial charge in [0, 0.05) is 12.1 Å². The molecule has 4 rings (SSSR count). The Balaban J connectivity index is 1.58. The molecular formula is C27H26N2O3. The first-order chi connectivity index (χ1) is 15.5. The van der Waals surface area contributed by atoms with Gasteiger partial charge >= 0.3 is 0 Å². The van der Waals surface area contributed by atoms with E-state index in [1.165, 1.54) is 0 Å². The number of hydrogen-bond acceptors (Lipinski definition) is 3. The van der Waals surface area contributed by atoms with Crippen LogP contribution in [0.25, 0.3) is 0 Å². The van der Waals surface area contributed by atoms with E-state index in [1.807, 2.05) is 91.9 Å². The number of benzene rings is 3. The molecule has 2 N–H and O–H groups in total. The summed E-state index contributed by atoms with van der Waals surface area (Å²) in [5.74, 6) is -1.03. The van der Waals surface area contributed by atoms with Gasteiger partial charge in [-0.2, -0.15) is 0 Å². The Bertz CT molecular complexity index is 1070. The summed E-state index contributed by atoms with van der Waals surface area (Å²) in [6.07, 6.45) is 1.42. The Morgan fingerprint density at radius 3 is 1.97 bits per heavy atom. The monoisotopic (exact) mass is 426 g/mol. The molecule has 0 aromatic heterocycles. The second-order valence-corrected chi connectivity index (χ2v) is 8.13. The molecule has 1 atom stereocenters. The summed E-state index contributed by atoms with van der Waals surface area (Å²) in [7, 11) is 0. The minimum absolute atomic E-state index is 0.124. The average Bonchev–Trinajstić information content (AvgIpc) is 2.82. The Labute approximate surface area is 187 Å². The third-order valence-electron chi connectivity index (χ3n) is 6.30. The SMILES string of the molecule is CCC1(c2ccc(NC(=O)C(c3ccccc3)c3ccccc3)cc2)CCC(=O)NC1=O. The number of carbonyl (C=O) groups excluding carboxylic acids is 3. The summed E-state index contributed by atoms with van der Waals surface area (Å²) in [5, 5.41) is 5.49. The van der Waals surface area contributed by atoms with E-state index in [-0.39, 0.29) is 17.7 Å². The maximum atomic E-state index is 13.3. The largest absolute Gasteiger partial charge is 0.325 e. The summed E-state index contributed by atoms with van der Waals surface area (Å²) in [4.78, 5) is 37.5. The van der Waals surface area contributed by atoms with Crippen LogP contribution in [0.1, 0.15) is 48.8 Å². The quantitative estimate of drug-likeness (QED) is 0.568. The topological polar surface area (TPSA) is 75.3 Å². The third-order valence-corrected chi connectivity index (χ3v) is 6.30. The molecule has 1 fully saturated rings. The van der Waals surface area contributed by atoms with Crippen LogP contribution in [0.15, 0.2) is 84.9 Å². The second-order valence-electron chi connectivity index (χ2n) is 8.13. The molecule has 162 valence electrons. The van der Waals surface area contributed by atoms with Crippen LogP contribution < -0.4 is 10.6 Å². The molecule has 0 saturated carbocycles. The maximum Gasteiger partial charge on any atom is 0.237 e. The molecule has 1 heterocycles. The van der Waals surface area contributed by atoms with Gasteiger partial charge in [-0.25, -0.2) is 0 Å². The predicted octanol–water partition coefficient (Wildman–Crippen LogP) is 4.54. The van der Waals surface area contributed by atoms with Gasteiger partial charge in [0.05, 0.1) is 11.3 Å². The van der Waals surface area contributed by atoms with Crippen LogP contribution in [0, 0.1) is 0 Å². The van der Waals surface area contributed by atoms with Crippen LogP contribution in [0.5, 0.6) is 0 Å². The molecule has 3 aromatic carbocycles. The lowest BCUT2D eigenvalue weighted by Gasteiger charge is -2.35. The molecule has 3 aromatic rings. The first kappa shape index (κ1) is 21.5. The van der Waals surface area contributed by atoms with Gasteiger partial charge in [-0.3, -0.25) is 19.7 Å². The minimum atomic E-state index is -0.715. The molecule has 3 amide bonds. The lowest BCUT2D eigenvalue weighted by Crippen LogP contribution is -2.51. The van der Waals surface area contributed by atoms with Crippen molar-refractivity contribution in [2.24, 2.45) is 0 Å². The van der Waals surface area contributed by atoms with Gasteiger partial charge < -0.3 is 5.32 Å². The van der Waals surface area contributed by atoms with Gasteiger partial charge in [-0.1, -0.05) is 79.7 Å². The van der Waals surface area contributed by atoms with Gasteiger partial charge in [0.2, 0.25) is 17.7 Å². The van der Waals surface area contributed by atoms with Crippen molar-refractivity contribution in [3.05, 3.63) is 102 Å². The maximum absolute atomic E-state index is 13.3. The highest BCUT2D eigenvalue weighted by Crippen LogP contribution is 2.36. The summed E-state index contributed by atoms with van der Waals surface area (Å²) in [6.45, 7) is 1.95. The fraction of sp³-hybridized carbons (Fsp3) is 0.222. The van der Waals surface area contributed by atoms with Crippen LogP contribution in [-0.2, 0) is 19.8 Å². The highest BCUT2D eigenvalue weighted by atomic mass is 16.2. The van der Waals surface area contributed by atoms with E-state index in [2.05, 4.69) is 10.6 Å². The van der Waals surface area contributed by atoms with Crippen LogP contribution in [0.4, 0.5) is 5.69 Å². The summed E-state index contributed by atoms with van der Waals surface area (Å²) in [6, 6.07) is 26.8. The molecular weight excluding hydrogens is 400 g/mol. The van der Waals surface area contributed by atoms with Gasteiger partial charge in [-0.15, -0.1) is 0 Å². The highest BCUT2D eigenvalue weighted by Gasteiger charge is 2.42. The Hall–Kier alpha value is -3.73. The number of carbonyl (C=O) groups is 3. The van der Waals surface area contributed by atoms with Crippen LogP contribution in [0.3, 0.4) is 0 Å². The van der Waals surface area contributed by atoms with Crippen molar-refractivity contribution < 1.29 is 14.4 Å². The third kappa shape index (κ3) is 4.19. The molecule has 1 aliphatic rings. The summed E-state index contributed by atoms with van der Waals surface area (Å²) >= 11 is 0. The first-order valence-electron chi connectivity index (χ1n) is 10.9. The number of nitrogens with one attached hydrogen (secondary N) is 2. The number of hydrogen-bond donors (Lipinski definition) is 2. The molecule has 0 spiro atoms.